The number of allylic oxidation sites excluding steroid dienone is 2. The molecule has 1 aromatic carbocycles. The van der Waals surface area contributed by atoms with Crippen molar-refractivity contribution in [3.63, 3.8) is 0 Å². The predicted octanol–water partition coefficient (Wildman–Crippen LogP) is 4.14. The molecule has 3 rings (SSSR count). The molecule has 1 saturated carbocycles. The number of nitrogens with one attached hydrogen (secondary N) is 1. The SMILES string of the molecule is O=C(Nc1cccc(Cl)c1Cl)C1CC2C=CC1C2. The number of hydrogen-bond donors (Lipinski definition) is 1. The van der Waals surface area contributed by atoms with Gasteiger partial charge in [0.1, 0.15) is 0 Å². The first-order chi connectivity index (χ1) is 8.65. The molecular formula is C14H13Cl2NO. The van der Waals surface area contributed by atoms with Gasteiger partial charge in [-0.15, -0.1) is 0 Å². The molecule has 2 bridgehead atoms. The summed E-state index contributed by atoms with van der Waals surface area (Å²) in [5.74, 6) is 1.11. The standard InChI is InChI=1S/C14H13Cl2NO/c15-11-2-1-3-12(13(11)16)17-14(18)10-7-8-4-5-9(10)6-8/h1-5,8-10H,6-7H2,(H,17,18). The van der Waals surface area contributed by atoms with Crippen LogP contribution in [0.5, 0.6) is 0 Å². The van der Waals surface area contributed by atoms with Gasteiger partial charge in [0.05, 0.1) is 15.7 Å². The maximum absolute atomic E-state index is 12.2. The van der Waals surface area contributed by atoms with E-state index in [-0.39, 0.29) is 11.8 Å². The van der Waals surface area contributed by atoms with Crippen LogP contribution >= 0.6 is 23.2 Å². The van der Waals surface area contributed by atoms with Crippen LogP contribution in [-0.2, 0) is 4.79 Å². The zero-order valence-electron chi connectivity index (χ0n) is 9.70. The van der Waals surface area contributed by atoms with E-state index in [1.165, 1.54) is 0 Å². The molecule has 0 saturated heterocycles. The number of hydrogen-bond acceptors (Lipinski definition) is 1. The monoisotopic (exact) mass is 281 g/mol. The highest BCUT2D eigenvalue weighted by Gasteiger charge is 2.39. The Balaban J connectivity index is 1.75. The minimum atomic E-state index is 0.0519. The molecule has 1 fully saturated rings. The zero-order chi connectivity index (χ0) is 12.7. The Morgan fingerprint density at radius 2 is 2.06 bits per heavy atom. The fourth-order valence-electron chi connectivity index (χ4n) is 2.91. The van der Waals surface area contributed by atoms with E-state index in [4.69, 9.17) is 23.2 Å². The molecular weight excluding hydrogens is 269 g/mol. The molecule has 2 aliphatic carbocycles. The number of halogens is 2. The van der Waals surface area contributed by atoms with Crippen molar-refractivity contribution in [2.45, 2.75) is 12.8 Å². The Labute approximate surface area is 116 Å². The molecule has 0 aliphatic heterocycles. The van der Waals surface area contributed by atoms with Crippen LogP contribution in [0.15, 0.2) is 30.4 Å². The zero-order valence-corrected chi connectivity index (χ0v) is 11.2. The van der Waals surface area contributed by atoms with Crippen molar-refractivity contribution in [2.24, 2.45) is 17.8 Å². The molecule has 3 atom stereocenters. The van der Waals surface area contributed by atoms with E-state index in [0.29, 0.717) is 27.6 Å². The molecule has 2 nitrogen and oxygen atoms in total. The molecule has 3 unspecified atom stereocenters. The van der Waals surface area contributed by atoms with E-state index in [1.807, 2.05) is 0 Å². The van der Waals surface area contributed by atoms with Gasteiger partial charge >= 0.3 is 0 Å². The maximum atomic E-state index is 12.2. The fraction of sp³-hybridized carbons (Fsp3) is 0.357. The lowest BCUT2D eigenvalue weighted by molar-refractivity contribution is -0.120. The molecule has 4 heteroatoms. The summed E-state index contributed by atoms with van der Waals surface area (Å²) in [4.78, 5) is 12.2. The van der Waals surface area contributed by atoms with Crippen LogP contribution in [0.4, 0.5) is 5.69 Å². The van der Waals surface area contributed by atoms with Crippen molar-refractivity contribution < 1.29 is 4.79 Å². The lowest BCUT2D eigenvalue weighted by Crippen LogP contribution is -2.26. The molecule has 94 valence electrons. The molecule has 0 spiro atoms. The molecule has 1 aromatic rings. The minimum absolute atomic E-state index is 0.0519. The van der Waals surface area contributed by atoms with Gasteiger partial charge in [0, 0.05) is 5.92 Å². The third-order valence-electron chi connectivity index (χ3n) is 3.83. The van der Waals surface area contributed by atoms with E-state index >= 15 is 0 Å². The minimum Gasteiger partial charge on any atom is -0.324 e. The van der Waals surface area contributed by atoms with E-state index in [1.54, 1.807) is 18.2 Å². The number of benzene rings is 1. The topological polar surface area (TPSA) is 29.1 Å². The Hall–Kier alpha value is -0.990. The molecule has 0 aromatic heterocycles. The summed E-state index contributed by atoms with van der Waals surface area (Å²) in [7, 11) is 0. The van der Waals surface area contributed by atoms with Gasteiger partial charge < -0.3 is 5.32 Å². The molecule has 18 heavy (non-hydrogen) atoms. The van der Waals surface area contributed by atoms with Crippen molar-refractivity contribution >= 4 is 34.8 Å². The largest absolute Gasteiger partial charge is 0.324 e. The van der Waals surface area contributed by atoms with Crippen molar-refractivity contribution in [1.29, 1.82) is 0 Å². The number of fused-ring (bicyclic) bond motifs is 2. The maximum Gasteiger partial charge on any atom is 0.228 e. The van der Waals surface area contributed by atoms with Gasteiger partial charge in [0.25, 0.3) is 0 Å². The van der Waals surface area contributed by atoms with Crippen molar-refractivity contribution in [3.05, 3.63) is 40.4 Å². The average molecular weight is 282 g/mol. The summed E-state index contributed by atoms with van der Waals surface area (Å²) in [6.45, 7) is 0. The summed E-state index contributed by atoms with van der Waals surface area (Å²) < 4.78 is 0. The van der Waals surface area contributed by atoms with Gasteiger partial charge in [0.2, 0.25) is 5.91 Å². The number of amides is 1. The van der Waals surface area contributed by atoms with Crippen LogP contribution in [0.2, 0.25) is 10.0 Å². The Kier molecular flexibility index (Phi) is 3.08. The second-order valence-corrected chi connectivity index (χ2v) is 5.76. The van der Waals surface area contributed by atoms with Gasteiger partial charge in [-0.1, -0.05) is 41.4 Å². The molecule has 1 amide bonds. The summed E-state index contributed by atoms with van der Waals surface area (Å²) in [5, 5.41) is 3.76. The van der Waals surface area contributed by atoms with Crippen LogP contribution in [0.3, 0.4) is 0 Å². The molecule has 2 aliphatic rings. The highest BCUT2D eigenvalue weighted by molar-refractivity contribution is 6.44. The van der Waals surface area contributed by atoms with Crippen molar-refractivity contribution in [3.8, 4) is 0 Å². The first-order valence-electron chi connectivity index (χ1n) is 6.08. The smallest absolute Gasteiger partial charge is 0.228 e. The van der Waals surface area contributed by atoms with Crippen molar-refractivity contribution in [1.82, 2.24) is 0 Å². The quantitative estimate of drug-likeness (QED) is 0.811. The van der Waals surface area contributed by atoms with Crippen LogP contribution in [0, 0.1) is 17.8 Å². The summed E-state index contributed by atoms with van der Waals surface area (Å²) >= 11 is 12.0. The normalized spacial score (nSPS) is 28.7. The highest BCUT2D eigenvalue weighted by atomic mass is 35.5. The Bertz CT molecular complexity index is 527. The van der Waals surface area contributed by atoms with Crippen molar-refractivity contribution in [2.75, 3.05) is 5.32 Å². The highest BCUT2D eigenvalue weighted by Crippen LogP contribution is 2.44. The van der Waals surface area contributed by atoms with E-state index < -0.39 is 0 Å². The lowest BCUT2D eigenvalue weighted by atomic mass is 9.93. The predicted molar refractivity (Wildman–Crippen MR) is 73.9 cm³/mol. The Morgan fingerprint density at radius 1 is 1.22 bits per heavy atom. The Morgan fingerprint density at radius 3 is 2.72 bits per heavy atom. The number of anilines is 1. The molecule has 0 radical (unpaired) electrons. The van der Waals surface area contributed by atoms with Gasteiger partial charge in [-0.3, -0.25) is 4.79 Å². The van der Waals surface area contributed by atoms with Gasteiger partial charge in [-0.2, -0.15) is 0 Å². The lowest BCUT2D eigenvalue weighted by Gasteiger charge is -2.18. The number of carbonyl (C=O) groups is 1. The summed E-state index contributed by atoms with van der Waals surface area (Å²) in [5.41, 5.74) is 0.598. The molecule has 0 heterocycles. The molecule has 1 N–H and O–H groups in total. The van der Waals surface area contributed by atoms with Crippen LogP contribution in [0.1, 0.15) is 12.8 Å². The summed E-state index contributed by atoms with van der Waals surface area (Å²) in [6.07, 6.45) is 6.45. The van der Waals surface area contributed by atoms with E-state index in [2.05, 4.69) is 17.5 Å². The fourth-order valence-corrected chi connectivity index (χ4v) is 3.26. The first-order valence-corrected chi connectivity index (χ1v) is 6.84. The van der Waals surface area contributed by atoms with Gasteiger partial charge in [-0.05, 0) is 36.8 Å². The third-order valence-corrected chi connectivity index (χ3v) is 4.64. The van der Waals surface area contributed by atoms with E-state index in [0.717, 1.165) is 12.8 Å². The van der Waals surface area contributed by atoms with Gasteiger partial charge in [-0.25, -0.2) is 0 Å². The van der Waals surface area contributed by atoms with Crippen LogP contribution in [0.25, 0.3) is 0 Å². The first kappa shape index (κ1) is 12.1. The number of rotatable bonds is 2. The second kappa shape index (κ2) is 4.60. The van der Waals surface area contributed by atoms with E-state index in [9.17, 15) is 4.79 Å². The average Bonchev–Trinajstić information content (AvgIpc) is 2.97. The third kappa shape index (κ3) is 2.04. The van der Waals surface area contributed by atoms with Crippen LogP contribution in [-0.4, -0.2) is 5.91 Å². The number of carbonyl (C=O) groups excluding carboxylic acids is 1. The van der Waals surface area contributed by atoms with Crippen LogP contribution < -0.4 is 5.32 Å². The van der Waals surface area contributed by atoms with Gasteiger partial charge in [0.15, 0.2) is 0 Å². The second-order valence-electron chi connectivity index (χ2n) is 4.98. The summed E-state index contributed by atoms with van der Waals surface area (Å²) in [6, 6.07) is 5.26.